The summed E-state index contributed by atoms with van der Waals surface area (Å²) in [6.45, 7) is 0. The fraction of sp³-hybridized carbons (Fsp3) is 0.474. The molecule has 3 heterocycles. The largest absolute Gasteiger partial charge is 0.342 e. The minimum atomic E-state index is -0.549. The summed E-state index contributed by atoms with van der Waals surface area (Å²) in [5.41, 5.74) is 0.510. The van der Waals surface area contributed by atoms with Crippen molar-refractivity contribution in [2.45, 2.75) is 50.5 Å². The average molecular weight is 385 g/mol. The summed E-state index contributed by atoms with van der Waals surface area (Å²) in [6.07, 6.45) is 9.73. The Bertz CT molecular complexity index is 893. The molecule has 27 heavy (non-hydrogen) atoms. The molecule has 7 nitrogen and oxygen atoms in total. The number of nitrogens with zero attached hydrogens (tertiary/aromatic N) is 4. The molecule has 1 aliphatic carbocycles. The number of amides is 1. The van der Waals surface area contributed by atoms with E-state index in [0.29, 0.717) is 24.6 Å². The molecule has 0 bridgehead atoms. The molecule has 1 aliphatic rings. The third-order valence-electron chi connectivity index (χ3n) is 5.06. The highest BCUT2D eigenvalue weighted by atomic mass is 32.1. The van der Waals surface area contributed by atoms with Gasteiger partial charge in [0.1, 0.15) is 5.54 Å². The maximum absolute atomic E-state index is 12.7. The summed E-state index contributed by atoms with van der Waals surface area (Å²) in [4.78, 5) is 18.3. The highest BCUT2D eigenvalue weighted by molar-refractivity contribution is 7.13. The fourth-order valence-electron chi connectivity index (χ4n) is 3.66. The number of aromatic nitrogens is 4. The van der Waals surface area contributed by atoms with E-state index < -0.39 is 5.54 Å². The number of hydrogen-bond donors (Lipinski definition) is 1. The van der Waals surface area contributed by atoms with Crippen molar-refractivity contribution in [1.82, 2.24) is 25.2 Å². The Morgan fingerprint density at radius 2 is 2.22 bits per heavy atom. The average Bonchev–Trinajstić information content (AvgIpc) is 3.42. The Labute approximate surface area is 161 Å². The van der Waals surface area contributed by atoms with Crippen LogP contribution in [-0.2, 0) is 23.8 Å². The monoisotopic (exact) mass is 385 g/mol. The van der Waals surface area contributed by atoms with Gasteiger partial charge in [-0.3, -0.25) is 9.48 Å². The first-order valence-electron chi connectivity index (χ1n) is 9.31. The Hall–Kier alpha value is -2.48. The molecule has 1 amide bonds. The molecule has 0 aromatic carbocycles. The second-order valence-electron chi connectivity index (χ2n) is 7.11. The van der Waals surface area contributed by atoms with E-state index >= 15 is 0 Å². The number of carbonyl (C=O) groups excluding carboxylic acids is 1. The molecule has 1 fully saturated rings. The van der Waals surface area contributed by atoms with E-state index in [9.17, 15) is 4.79 Å². The van der Waals surface area contributed by atoms with Crippen LogP contribution in [0, 0.1) is 0 Å². The first-order valence-corrected chi connectivity index (χ1v) is 10.2. The van der Waals surface area contributed by atoms with Gasteiger partial charge in [-0.05, 0) is 36.3 Å². The van der Waals surface area contributed by atoms with Crippen LogP contribution in [-0.4, -0.2) is 25.8 Å². The smallest absolute Gasteiger partial charge is 0.252 e. The summed E-state index contributed by atoms with van der Waals surface area (Å²) in [5.74, 6) is 1.13. The van der Waals surface area contributed by atoms with Crippen molar-refractivity contribution in [3.05, 3.63) is 41.4 Å². The molecule has 0 saturated heterocycles. The van der Waals surface area contributed by atoms with Gasteiger partial charge in [-0.25, -0.2) is 0 Å². The maximum Gasteiger partial charge on any atom is 0.252 e. The summed E-state index contributed by atoms with van der Waals surface area (Å²) >= 11 is 1.58. The molecule has 8 heteroatoms. The predicted octanol–water partition coefficient (Wildman–Crippen LogP) is 3.44. The van der Waals surface area contributed by atoms with E-state index in [1.54, 1.807) is 22.2 Å². The Morgan fingerprint density at radius 3 is 2.93 bits per heavy atom. The number of thiophene rings is 1. The molecule has 1 N–H and O–H groups in total. The number of aryl methyl sites for hydroxylation is 2. The molecule has 0 spiro atoms. The highest BCUT2D eigenvalue weighted by Gasteiger charge is 2.40. The standard InChI is InChI=1S/C19H23N5O2S/c1-24-13-14(12-20-24)7-8-16(25)22-19(9-3-2-4-10-19)18-21-17(23-26-18)15-6-5-11-27-15/h5-6,11-13H,2-4,7-10H2,1H3,(H,22,25). The first kappa shape index (κ1) is 17.9. The van der Waals surface area contributed by atoms with Gasteiger partial charge < -0.3 is 9.84 Å². The minimum absolute atomic E-state index is 0.0108. The molecule has 3 aromatic heterocycles. The summed E-state index contributed by atoms with van der Waals surface area (Å²) in [6, 6.07) is 3.94. The van der Waals surface area contributed by atoms with Gasteiger partial charge >= 0.3 is 0 Å². The molecule has 0 unspecified atom stereocenters. The van der Waals surface area contributed by atoms with Gasteiger partial charge in [0.2, 0.25) is 11.7 Å². The predicted molar refractivity (Wildman–Crippen MR) is 102 cm³/mol. The van der Waals surface area contributed by atoms with E-state index in [2.05, 4.69) is 20.6 Å². The fourth-order valence-corrected chi connectivity index (χ4v) is 4.31. The van der Waals surface area contributed by atoms with Crippen molar-refractivity contribution in [3.8, 4) is 10.7 Å². The quantitative estimate of drug-likeness (QED) is 0.702. The van der Waals surface area contributed by atoms with Crippen LogP contribution in [0.1, 0.15) is 50.0 Å². The van der Waals surface area contributed by atoms with Crippen LogP contribution in [0.3, 0.4) is 0 Å². The lowest BCUT2D eigenvalue weighted by molar-refractivity contribution is -0.124. The first-order chi connectivity index (χ1) is 13.1. The summed E-state index contributed by atoms with van der Waals surface area (Å²) < 4.78 is 7.37. The molecule has 3 aromatic rings. The molecule has 4 rings (SSSR count). The van der Waals surface area contributed by atoms with E-state index in [1.807, 2.05) is 30.8 Å². The van der Waals surface area contributed by atoms with Gasteiger partial charge in [-0.1, -0.05) is 30.5 Å². The third kappa shape index (κ3) is 3.95. The Morgan fingerprint density at radius 1 is 1.37 bits per heavy atom. The molecule has 1 saturated carbocycles. The van der Waals surface area contributed by atoms with Crippen LogP contribution in [0.15, 0.2) is 34.4 Å². The third-order valence-corrected chi connectivity index (χ3v) is 5.93. The topological polar surface area (TPSA) is 85.8 Å². The lowest BCUT2D eigenvalue weighted by atomic mass is 9.81. The lowest BCUT2D eigenvalue weighted by Crippen LogP contribution is -2.47. The van der Waals surface area contributed by atoms with Crippen LogP contribution in [0.25, 0.3) is 10.7 Å². The van der Waals surface area contributed by atoms with Gasteiger partial charge in [0, 0.05) is 19.7 Å². The van der Waals surface area contributed by atoms with Gasteiger partial charge in [-0.2, -0.15) is 10.1 Å². The van der Waals surface area contributed by atoms with Crippen LogP contribution in [0.2, 0.25) is 0 Å². The zero-order valence-corrected chi connectivity index (χ0v) is 16.2. The zero-order chi connectivity index (χ0) is 18.7. The van der Waals surface area contributed by atoms with Crippen LogP contribution in [0.4, 0.5) is 0 Å². The molecular weight excluding hydrogens is 362 g/mol. The molecule has 0 aliphatic heterocycles. The van der Waals surface area contributed by atoms with Crippen LogP contribution >= 0.6 is 11.3 Å². The maximum atomic E-state index is 12.7. The second-order valence-corrected chi connectivity index (χ2v) is 8.06. The van der Waals surface area contributed by atoms with Gasteiger partial charge in [0.15, 0.2) is 0 Å². The van der Waals surface area contributed by atoms with Crippen molar-refractivity contribution in [2.24, 2.45) is 7.05 Å². The van der Waals surface area contributed by atoms with Crippen molar-refractivity contribution in [1.29, 1.82) is 0 Å². The molecule has 0 atom stereocenters. The Kier molecular flexibility index (Phi) is 5.07. The van der Waals surface area contributed by atoms with Gasteiger partial charge in [0.25, 0.3) is 5.89 Å². The van der Waals surface area contributed by atoms with Crippen LogP contribution in [0.5, 0.6) is 0 Å². The second kappa shape index (κ2) is 7.64. The van der Waals surface area contributed by atoms with Crippen LogP contribution < -0.4 is 5.32 Å². The number of hydrogen-bond acceptors (Lipinski definition) is 6. The number of nitrogens with one attached hydrogen (secondary N) is 1. The SMILES string of the molecule is Cn1cc(CCC(=O)NC2(c3nc(-c4cccs4)no3)CCCCC2)cn1. The van der Waals surface area contributed by atoms with E-state index in [0.717, 1.165) is 36.1 Å². The van der Waals surface area contributed by atoms with Gasteiger partial charge in [-0.15, -0.1) is 11.3 Å². The van der Waals surface area contributed by atoms with Crippen molar-refractivity contribution in [2.75, 3.05) is 0 Å². The summed E-state index contributed by atoms with van der Waals surface area (Å²) in [7, 11) is 1.88. The molecule has 0 radical (unpaired) electrons. The Balaban J connectivity index is 1.49. The number of carbonyl (C=O) groups is 1. The van der Waals surface area contributed by atoms with Crippen molar-refractivity contribution >= 4 is 17.2 Å². The van der Waals surface area contributed by atoms with E-state index in [-0.39, 0.29) is 5.91 Å². The van der Waals surface area contributed by atoms with E-state index in [1.165, 1.54) is 6.42 Å². The van der Waals surface area contributed by atoms with Crippen molar-refractivity contribution < 1.29 is 9.32 Å². The summed E-state index contributed by atoms with van der Waals surface area (Å²) in [5, 5.41) is 13.5. The zero-order valence-electron chi connectivity index (χ0n) is 15.4. The normalized spacial score (nSPS) is 16.3. The lowest BCUT2D eigenvalue weighted by Gasteiger charge is -2.34. The highest BCUT2D eigenvalue weighted by Crippen LogP contribution is 2.37. The van der Waals surface area contributed by atoms with E-state index in [4.69, 9.17) is 4.52 Å². The van der Waals surface area contributed by atoms with Gasteiger partial charge in [0.05, 0.1) is 11.1 Å². The van der Waals surface area contributed by atoms with Crippen molar-refractivity contribution in [3.63, 3.8) is 0 Å². The molecular formula is C19H23N5O2S. The molecule has 142 valence electrons. The minimum Gasteiger partial charge on any atom is -0.342 e. The number of rotatable bonds is 6.